The Morgan fingerprint density at radius 3 is 2.58 bits per heavy atom. The largest absolute Gasteiger partial charge is 0.310 e. The molecule has 0 amide bonds. The molecule has 3 heteroatoms. The molecule has 0 aromatic heterocycles. The van der Waals surface area contributed by atoms with Crippen LogP contribution in [0.25, 0.3) is 0 Å². The fraction of sp³-hybridized carbons (Fsp3) is 0.625. The lowest BCUT2D eigenvalue weighted by Crippen LogP contribution is -2.22. The zero-order chi connectivity index (χ0) is 14.3. The molecule has 1 atom stereocenters. The normalized spacial score (nSPS) is 12.9. The van der Waals surface area contributed by atoms with E-state index in [1.54, 1.807) is 0 Å². The molecule has 0 heterocycles. The van der Waals surface area contributed by atoms with Crippen molar-refractivity contribution in [3.8, 4) is 0 Å². The van der Waals surface area contributed by atoms with Crippen molar-refractivity contribution in [2.45, 2.75) is 52.5 Å². The number of hydrogen-bond donors (Lipinski definition) is 1. The lowest BCUT2D eigenvalue weighted by molar-refractivity contribution is 0.447. The minimum Gasteiger partial charge on any atom is -0.310 e. The Labute approximate surface area is 131 Å². The molecule has 0 aliphatic rings. The molecule has 19 heavy (non-hydrogen) atoms. The molecule has 108 valence electrons. The summed E-state index contributed by atoms with van der Waals surface area (Å²) in [5, 5.41) is 4.43. The van der Waals surface area contributed by atoms with Crippen LogP contribution in [0.5, 0.6) is 0 Å². The van der Waals surface area contributed by atoms with E-state index in [9.17, 15) is 0 Å². The fourth-order valence-corrected chi connectivity index (χ4v) is 3.16. The van der Waals surface area contributed by atoms with Gasteiger partial charge in [-0.3, -0.25) is 0 Å². The van der Waals surface area contributed by atoms with E-state index in [2.05, 4.69) is 48.1 Å². The van der Waals surface area contributed by atoms with Gasteiger partial charge in [-0.1, -0.05) is 67.2 Å². The van der Waals surface area contributed by atoms with E-state index in [4.69, 9.17) is 11.6 Å². The number of benzene rings is 1. The summed E-state index contributed by atoms with van der Waals surface area (Å²) >= 11 is 9.66. The van der Waals surface area contributed by atoms with E-state index >= 15 is 0 Å². The van der Waals surface area contributed by atoms with Crippen LogP contribution in [0.3, 0.4) is 0 Å². The maximum Gasteiger partial charge on any atom is 0.0417 e. The van der Waals surface area contributed by atoms with Gasteiger partial charge in [0, 0.05) is 15.5 Å². The van der Waals surface area contributed by atoms with E-state index in [0.717, 1.165) is 28.4 Å². The fourth-order valence-electron chi connectivity index (χ4n) is 2.20. The van der Waals surface area contributed by atoms with Crippen LogP contribution in [0.2, 0.25) is 5.02 Å². The lowest BCUT2D eigenvalue weighted by Gasteiger charge is -2.21. The van der Waals surface area contributed by atoms with Crippen LogP contribution in [0.1, 0.15) is 58.1 Å². The molecule has 0 radical (unpaired) electrons. The molecule has 1 aromatic rings. The Kier molecular flexibility index (Phi) is 8.05. The zero-order valence-electron chi connectivity index (χ0n) is 12.2. The van der Waals surface area contributed by atoms with Gasteiger partial charge in [-0.05, 0) is 43.0 Å². The minimum atomic E-state index is 0.422. The summed E-state index contributed by atoms with van der Waals surface area (Å²) in [6, 6.07) is 6.52. The van der Waals surface area contributed by atoms with Crippen LogP contribution in [-0.2, 0) is 0 Å². The average molecular weight is 347 g/mol. The lowest BCUT2D eigenvalue weighted by atomic mass is 9.98. The molecule has 1 nitrogen and oxygen atoms in total. The van der Waals surface area contributed by atoms with E-state index in [1.165, 1.54) is 24.8 Å². The summed E-state index contributed by atoms with van der Waals surface area (Å²) in [4.78, 5) is 0. The van der Waals surface area contributed by atoms with Gasteiger partial charge in [-0.15, -0.1) is 0 Å². The SMILES string of the molecule is CCCNC(CCCC(C)C)c1ccc(Cl)cc1Br. The quantitative estimate of drug-likeness (QED) is 0.611. The van der Waals surface area contributed by atoms with Gasteiger partial charge in [0.25, 0.3) is 0 Å². The maximum atomic E-state index is 6.02. The van der Waals surface area contributed by atoms with Gasteiger partial charge >= 0.3 is 0 Å². The van der Waals surface area contributed by atoms with Crippen molar-refractivity contribution < 1.29 is 0 Å². The van der Waals surface area contributed by atoms with Crippen molar-refractivity contribution in [1.29, 1.82) is 0 Å². The number of rotatable bonds is 8. The van der Waals surface area contributed by atoms with E-state index < -0.39 is 0 Å². The zero-order valence-corrected chi connectivity index (χ0v) is 14.5. The summed E-state index contributed by atoms with van der Waals surface area (Å²) in [6.07, 6.45) is 4.88. The van der Waals surface area contributed by atoms with Crippen LogP contribution >= 0.6 is 27.5 Å². The van der Waals surface area contributed by atoms with Crippen molar-refractivity contribution in [1.82, 2.24) is 5.32 Å². The van der Waals surface area contributed by atoms with Crippen LogP contribution in [-0.4, -0.2) is 6.54 Å². The smallest absolute Gasteiger partial charge is 0.0417 e. The third kappa shape index (κ3) is 6.29. The van der Waals surface area contributed by atoms with Gasteiger partial charge in [0.15, 0.2) is 0 Å². The van der Waals surface area contributed by atoms with E-state index in [0.29, 0.717) is 6.04 Å². The Balaban J connectivity index is 2.71. The van der Waals surface area contributed by atoms with Gasteiger partial charge in [0.2, 0.25) is 0 Å². The molecule has 1 aromatic carbocycles. The predicted octanol–water partition coefficient (Wildman–Crippen LogP) is 5.97. The van der Waals surface area contributed by atoms with Crippen LogP contribution in [0.4, 0.5) is 0 Å². The third-order valence-electron chi connectivity index (χ3n) is 3.25. The molecular weight excluding hydrogens is 322 g/mol. The van der Waals surface area contributed by atoms with Crippen LogP contribution in [0.15, 0.2) is 22.7 Å². The summed E-state index contributed by atoms with van der Waals surface area (Å²) in [7, 11) is 0. The summed E-state index contributed by atoms with van der Waals surface area (Å²) in [5.41, 5.74) is 1.32. The van der Waals surface area contributed by atoms with Crippen molar-refractivity contribution in [2.24, 2.45) is 5.92 Å². The molecule has 0 saturated heterocycles. The second-order valence-corrected chi connectivity index (χ2v) is 6.79. The third-order valence-corrected chi connectivity index (χ3v) is 4.17. The highest BCUT2D eigenvalue weighted by molar-refractivity contribution is 9.10. The Bertz CT molecular complexity index is 379. The molecular formula is C16H25BrClN. The van der Waals surface area contributed by atoms with Gasteiger partial charge in [0.05, 0.1) is 0 Å². The van der Waals surface area contributed by atoms with Gasteiger partial charge in [-0.2, -0.15) is 0 Å². The van der Waals surface area contributed by atoms with Crippen molar-refractivity contribution in [2.75, 3.05) is 6.54 Å². The second-order valence-electron chi connectivity index (χ2n) is 5.50. The standard InChI is InChI=1S/C16H25BrClN/c1-4-10-19-16(7-5-6-12(2)3)14-9-8-13(18)11-15(14)17/h8-9,11-12,16,19H,4-7,10H2,1-3H3. The van der Waals surface area contributed by atoms with Crippen molar-refractivity contribution in [3.05, 3.63) is 33.3 Å². The Hall–Kier alpha value is -0.0500. The molecule has 0 spiro atoms. The molecule has 1 unspecified atom stereocenters. The maximum absolute atomic E-state index is 6.02. The van der Waals surface area contributed by atoms with Gasteiger partial charge in [-0.25, -0.2) is 0 Å². The van der Waals surface area contributed by atoms with Gasteiger partial charge in [0.1, 0.15) is 0 Å². The molecule has 0 bridgehead atoms. The minimum absolute atomic E-state index is 0.422. The molecule has 0 aliphatic heterocycles. The van der Waals surface area contributed by atoms with Crippen LogP contribution < -0.4 is 5.32 Å². The molecule has 0 fully saturated rings. The monoisotopic (exact) mass is 345 g/mol. The van der Waals surface area contributed by atoms with Crippen molar-refractivity contribution >= 4 is 27.5 Å². The average Bonchev–Trinajstić information content (AvgIpc) is 2.34. The van der Waals surface area contributed by atoms with Crippen LogP contribution in [0, 0.1) is 5.92 Å². The first-order valence-corrected chi connectivity index (χ1v) is 8.40. The summed E-state index contributed by atoms with van der Waals surface area (Å²) < 4.78 is 1.11. The first-order valence-electron chi connectivity index (χ1n) is 7.23. The molecule has 1 N–H and O–H groups in total. The summed E-state index contributed by atoms with van der Waals surface area (Å²) in [5.74, 6) is 0.778. The summed E-state index contributed by atoms with van der Waals surface area (Å²) in [6.45, 7) is 7.83. The predicted molar refractivity (Wildman–Crippen MR) is 88.9 cm³/mol. The highest BCUT2D eigenvalue weighted by Crippen LogP contribution is 2.30. The second kappa shape index (κ2) is 8.99. The van der Waals surface area contributed by atoms with Crippen molar-refractivity contribution in [3.63, 3.8) is 0 Å². The molecule has 1 rings (SSSR count). The number of nitrogens with one attached hydrogen (secondary N) is 1. The van der Waals surface area contributed by atoms with Gasteiger partial charge < -0.3 is 5.32 Å². The molecule has 0 aliphatic carbocycles. The molecule has 0 saturated carbocycles. The Morgan fingerprint density at radius 2 is 2.00 bits per heavy atom. The van der Waals surface area contributed by atoms with E-state index in [-0.39, 0.29) is 0 Å². The topological polar surface area (TPSA) is 12.0 Å². The van der Waals surface area contributed by atoms with E-state index in [1.807, 2.05) is 12.1 Å². The highest BCUT2D eigenvalue weighted by Gasteiger charge is 2.14. The first-order chi connectivity index (χ1) is 9.04. The Morgan fingerprint density at radius 1 is 1.26 bits per heavy atom. The highest BCUT2D eigenvalue weighted by atomic mass is 79.9. The number of hydrogen-bond acceptors (Lipinski definition) is 1. The number of halogens is 2. The first kappa shape index (κ1) is 17.0.